The van der Waals surface area contributed by atoms with Crippen LogP contribution in [-0.2, 0) is 4.79 Å². The highest BCUT2D eigenvalue weighted by Gasteiger charge is 2.40. The molecule has 2 aromatic rings. The fourth-order valence-electron chi connectivity index (χ4n) is 2.56. The molecule has 1 aliphatic rings. The third-order valence-corrected chi connectivity index (χ3v) is 4.87. The van der Waals surface area contributed by atoms with E-state index < -0.39 is 17.1 Å². The summed E-state index contributed by atoms with van der Waals surface area (Å²) in [6.45, 7) is 1.89. The summed E-state index contributed by atoms with van der Waals surface area (Å²) in [5.41, 5.74) is 1.92. The molecule has 1 heterocycles. The van der Waals surface area contributed by atoms with E-state index in [9.17, 15) is 14.4 Å². The first-order valence-electron chi connectivity index (χ1n) is 8.05. The van der Waals surface area contributed by atoms with Gasteiger partial charge in [-0.1, -0.05) is 23.8 Å². The molecule has 138 valence electrons. The predicted octanol–water partition coefficient (Wildman–Crippen LogP) is 3.89. The first-order chi connectivity index (χ1) is 12.9. The molecule has 0 radical (unpaired) electrons. The Bertz CT molecular complexity index is 949. The molecule has 6 nitrogen and oxygen atoms in total. The SMILES string of the molecule is COc1ccc(/C=C2/SC(=O)N(C(=O)c3ccc(C)cc3)C2=O)cc1OC. The van der Waals surface area contributed by atoms with Crippen molar-refractivity contribution in [2.45, 2.75) is 6.92 Å². The van der Waals surface area contributed by atoms with Gasteiger partial charge in [0.15, 0.2) is 11.5 Å². The van der Waals surface area contributed by atoms with E-state index in [0.717, 1.165) is 17.3 Å². The maximum absolute atomic E-state index is 12.6. The molecule has 0 unspecified atom stereocenters. The lowest BCUT2D eigenvalue weighted by Gasteiger charge is -2.10. The first kappa shape index (κ1) is 18.7. The van der Waals surface area contributed by atoms with Gasteiger partial charge in [0.25, 0.3) is 11.8 Å². The standard InChI is InChI=1S/C20H17NO5S/c1-12-4-7-14(8-5-12)18(22)21-19(23)17(27-20(21)24)11-13-6-9-15(25-2)16(10-13)26-3/h4-11H,1-3H3/b17-11+. The van der Waals surface area contributed by atoms with Crippen molar-refractivity contribution in [1.29, 1.82) is 0 Å². The van der Waals surface area contributed by atoms with Gasteiger partial charge in [0.05, 0.1) is 19.1 Å². The second-order valence-electron chi connectivity index (χ2n) is 5.80. The van der Waals surface area contributed by atoms with Crippen molar-refractivity contribution in [3.8, 4) is 11.5 Å². The molecule has 1 saturated heterocycles. The highest BCUT2D eigenvalue weighted by Crippen LogP contribution is 2.35. The molecule has 3 amide bonds. The average Bonchev–Trinajstić information content (AvgIpc) is 2.94. The summed E-state index contributed by atoms with van der Waals surface area (Å²) in [5, 5.41) is -0.614. The average molecular weight is 383 g/mol. The number of carbonyl (C=O) groups excluding carboxylic acids is 3. The summed E-state index contributed by atoms with van der Waals surface area (Å²) in [7, 11) is 3.04. The topological polar surface area (TPSA) is 72.9 Å². The van der Waals surface area contributed by atoms with Crippen molar-refractivity contribution in [2.24, 2.45) is 0 Å². The van der Waals surface area contributed by atoms with E-state index in [0.29, 0.717) is 22.0 Å². The molecule has 0 N–H and O–H groups in total. The Morgan fingerprint density at radius 1 is 1.00 bits per heavy atom. The normalized spacial score (nSPS) is 15.4. The molecule has 1 fully saturated rings. The Morgan fingerprint density at radius 2 is 1.67 bits per heavy atom. The van der Waals surface area contributed by atoms with Gasteiger partial charge in [-0.05, 0) is 54.6 Å². The number of methoxy groups -OCH3 is 2. The number of thioether (sulfide) groups is 1. The zero-order valence-electron chi connectivity index (χ0n) is 15.0. The Kier molecular flexibility index (Phi) is 5.32. The number of ether oxygens (including phenoxy) is 2. The number of nitrogens with zero attached hydrogens (tertiary/aromatic N) is 1. The van der Waals surface area contributed by atoms with Crippen LogP contribution in [0, 0.1) is 6.92 Å². The van der Waals surface area contributed by atoms with Crippen molar-refractivity contribution in [3.63, 3.8) is 0 Å². The van der Waals surface area contributed by atoms with Gasteiger partial charge in [-0.2, -0.15) is 0 Å². The van der Waals surface area contributed by atoms with Crippen LogP contribution in [0.15, 0.2) is 47.4 Å². The highest BCUT2D eigenvalue weighted by atomic mass is 32.2. The van der Waals surface area contributed by atoms with Gasteiger partial charge < -0.3 is 9.47 Å². The Balaban J connectivity index is 1.88. The quantitative estimate of drug-likeness (QED) is 0.589. The van der Waals surface area contributed by atoms with Crippen LogP contribution in [0.25, 0.3) is 6.08 Å². The van der Waals surface area contributed by atoms with Gasteiger partial charge in [-0.25, -0.2) is 4.90 Å². The van der Waals surface area contributed by atoms with E-state index in [-0.39, 0.29) is 10.5 Å². The fourth-order valence-corrected chi connectivity index (χ4v) is 3.38. The van der Waals surface area contributed by atoms with Crippen molar-refractivity contribution in [2.75, 3.05) is 14.2 Å². The maximum atomic E-state index is 12.6. The number of rotatable bonds is 4. The van der Waals surface area contributed by atoms with Crippen LogP contribution in [0.4, 0.5) is 4.79 Å². The lowest BCUT2D eigenvalue weighted by molar-refractivity contribution is -0.120. The van der Waals surface area contributed by atoms with E-state index in [2.05, 4.69) is 0 Å². The van der Waals surface area contributed by atoms with Gasteiger partial charge in [-0.15, -0.1) is 0 Å². The Morgan fingerprint density at radius 3 is 2.30 bits per heavy atom. The molecule has 0 aromatic heterocycles. The molecule has 2 aromatic carbocycles. The van der Waals surface area contributed by atoms with Crippen LogP contribution in [0.2, 0.25) is 0 Å². The number of hydrogen-bond acceptors (Lipinski definition) is 6. The molecule has 3 rings (SSSR count). The third-order valence-electron chi connectivity index (χ3n) is 4.00. The summed E-state index contributed by atoms with van der Waals surface area (Å²) in [4.78, 5) is 38.3. The highest BCUT2D eigenvalue weighted by molar-refractivity contribution is 8.18. The minimum Gasteiger partial charge on any atom is -0.493 e. The van der Waals surface area contributed by atoms with E-state index in [1.165, 1.54) is 14.2 Å². The number of hydrogen-bond donors (Lipinski definition) is 0. The smallest absolute Gasteiger partial charge is 0.300 e. The zero-order chi connectivity index (χ0) is 19.6. The van der Waals surface area contributed by atoms with Crippen molar-refractivity contribution < 1.29 is 23.9 Å². The monoisotopic (exact) mass is 383 g/mol. The van der Waals surface area contributed by atoms with Gasteiger partial charge in [0.1, 0.15) is 0 Å². The predicted molar refractivity (Wildman–Crippen MR) is 103 cm³/mol. The van der Waals surface area contributed by atoms with Crippen LogP contribution in [-0.4, -0.2) is 36.2 Å². The van der Waals surface area contributed by atoms with Crippen LogP contribution in [0.5, 0.6) is 11.5 Å². The molecule has 27 heavy (non-hydrogen) atoms. The number of imide groups is 3. The summed E-state index contributed by atoms with van der Waals surface area (Å²) < 4.78 is 10.4. The van der Waals surface area contributed by atoms with Crippen LogP contribution in [0.1, 0.15) is 21.5 Å². The van der Waals surface area contributed by atoms with Crippen LogP contribution < -0.4 is 9.47 Å². The maximum Gasteiger partial charge on any atom is 0.300 e. The number of benzene rings is 2. The second kappa shape index (κ2) is 7.67. The number of aryl methyl sites for hydroxylation is 1. The summed E-state index contributed by atoms with van der Waals surface area (Å²) in [5.74, 6) is -0.211. The molecule has 0 aliphatic carbocycles. The van der Waals surface area contributed by atoms with Gasteiger partial charge in [0.2, 0.25) is 0 Å². The van der Waals surface area contributed by atoms with E-state index in [1.54, 1.807) is 48.5 Å². The molecule has 1 aliphatic heterocycles. The van der Waals surface area contributed by atoms with E-state index >= 15 is 0 Å². The number of amides is 3. The molecular formula is C20H17NO5S. The second-order valence-corrected chi connectivity index (χ2v) is 6.80. The molecule has 0 spiro atoms. The Hall–Kier alpha value is -3.06. The van der Waals surface area contributed by atoms with Crippen molar-refractivity contribution in [1.82, 2.24) is 4.90 Å². The molecular weight excluding hydrogens is 366 g/mol. The summed E-state index contributed by atoms with van der Waals surface area (Å²) in [6, 6.07) is 11.8. The summed E-state index contributed by atoms with van der Waals surface area (Å²) in [6.07, 6.45) is 1.55. The zero-order valence-corrected chi connectivity index (χ0v) is 15.8. The van der Waals surface area contributed by atoms with E-state index in [4.69, 9.17) is 9.47 Å². The van der Waals surface area contributed by atoms with Crippen LogP contribution in [0.3, 0.4) is 0 Å². The molecule has 0 saturated carbocycles. The Labute approximate surface area is 160 Å². The van der Waals surface area contributed by atoms with E-state index in [1.807, 2.05) is 6.92 Å². The fraction of sp³-hybridized carbons (Fsp3) is 0.150. The lowest BCUT2D eigenvalue weighted by Crippen LogP contribution is -2.34. The van der Waals surface area contributed by atoms with Gasteiger partial charge >= 0.3 is 5.24 Å². The van der Waals surface area contributed by atoms with Gasteiger partial charge in [-0.3, -0.25) is 14.4 Å². The minimum absolute atomic E-state index is 0.174. The van der Waals surface area contributed by atoms with Crippen molar-refractivity contribution in [3.05, 3.63) is 64.1 Å². The minimum atomic E-state index is -0.634. The first-order valence-corrected chi connectivity index (χ1v) is 8.87. The van der Waals surface area contributed by atoms with Crippen molar-refractivity contribution >= 4 is 34.9 Å². The third kappa shape index (κ3) is 3.73. The largest absolute Gasteiger partial charge is 0.493 e. The van der Waals surface area contributed by atoms with Crippen LogP contribution >= 0.6 is 11.8 Å². The summed E-state index contributed by atoms with van der Waals surface area (Å²) >= 11 is 0.732. The molecule has 7 heteroatoms. The molecule has 0 bridgehead atoms. The lowest BCUT2D eigenvalue weighted by atomic mass is 10.1. The number of carbonyl (C=O) groups is 3. The van der Waals surface area contributed by atoms with Gasteiger partial charge in [0, 0.05) is 5.56 Å². The molecule has 0 atom stereocenters.